The highest BCUT2D eigenvalue weighted by molar-refractivity contribution is 7.22. The lowest BCUT2D eigenvalue weighted by molar-refractivity contribution is -0.136. The number of piperazine rings is 2. The number of piperidine rings is 1. The molecular weight excluding hydrogens is 765 g/mol. The van der Waals surface area contributed by atoms with Crippen LogP contribution < -0.4 is 19.7 Å². The molecule has 0 spiro atoms. The van der Waals surface area contributed by atoms with E-state index in [4.69, 9.17) is 9.47 Å². The molecule has 4 aliphatic rings. The van der Waals surface area contributed by atoms with Crippen molar-refractivity contribution in [1.29, 1.82) is 0 Å². The Hall–Kier alpha value is -5.47. The molecule has 59 heavy (non-hydrogen) atoms. The number of anilines is 1. The Morgan fingerprint density at radius 3 is 2.17 bits per heavy atom. The molecule has 0 aliphatic carbocycles. The fourth-order valence-corrected chi connectivity index (χ4v) is 9.87. The van der Waals surface area contributed by atoms with Gasteiger partial charge in [0.15, 0.2) is 5.75 Å². The molecule has 0 saturated carbocycles. The molecule has 9 rings (SSSR count). The van der Waals surface area contributed by atoms with E-state index in [0.29, 0.717) is 25.1 Å². The standard InChI is InChI=1S/C46H50N6O6S/c53-35-8-14-39-41(30-35)59-44(32-5-2-1-3-6-32)43(39)58-37-11-9-36(10-12-37)57-28-27-50-21-19-48(20-22-50)17-4-18-49-23-25-51(26-24-49)34-7-13-38-33(29-34)31-52(46(38)56)40-15-16-42(54)47-45(40)55/h1-3,5-14,29-30,40,53H,4,15-28,31H2,(H,47,54,55). The first kappa shape index (κ1) is 39.0. The Kier molecular flexibility index (Phi) is 11.5. The van der Waals surface area contributed by atoms with Gasteiger partial charge in [0, 0.05) is 93.2 Å². The van der Waals surface area contributed by atoms with Crippen LogP contribution in [-0.4, -0.2) is 127 Å². The second-order valence-corrected chi connectivity index (χ2v) is 16.9. The molecule has 3 saturated heterocycles. The van der Waals surface area contributed by atoms with E-state index in [0.717, 1.165) is 127 Å². The smallest absolute Gasteiger partial charge is 0.255 e. The van der Waals surface area contributed by atoms with Crippen LogP contribution in [0.3, 0.4) is 0 Å². The molecule has 4 aromatic carbocycles. The monoisotopic (exact) mass is 814 g/mol. The van der Waals surface area contributed by atoms with Crippen LogP contribution in [0.1, 0.15) is 35.2 Å². The Bertz CT molecular complexity index is 2300. The largest absolute Gasteiger partial charge is 0.508 e. The second kappa shape index (κ2) is 17.4. The maximum Gasteiger partial charge on any atom is 0.255 e. The number of nitrogens with one attached hydrogen (secondary N) is 1. The van der Waals surface area contributed by atoms with Crippen molar-refractivity contribution in [3.05, 3.63) is 102 Å². The first-order valence-corrected chi connectivity index (χ1v) is 21.6. The first-order chi connectivity index (χ1) is 28.8. The summed E-state index contributed by atoms with van der Waals surface area (Å²) in [5.41, 5.74) is 3.81. The van der Waals surface area contributed by atoms with Gasteiger partial charge in [-0.25, -0.2) is 0 Å². The SMILES string of the molecule is O=C1CCC(N2Cc3cc(N4CCN(CCCN5CCN(CCOc6ccc(Oc7c(-c8ccccc8)sc8cc(O)ccc78)cc6)CC5)CC4)ccc3C2=O)C(=O)N1. The molecule has 0 bridgehead atoms. The Labute approximate surface area is 348 Å². The molecule has 2 N–H and O–H groups in total. The van der Waals surface area contributed by atoms with E-state index in [2.05, 4.69) is 43.1 Å². The molecule has 3 fully saturated rings. The molecular formula is C46H50N6O6S. The van der Waals surface area contributed by atoms with Gasteiger partial charge in [-0.15, -0.1) is 11.3 Å². The van der Waals surface area contributed by atoms with E-state index < -0.39 is 6.04 Å². The van der Waals surface area contributed by atoms with Crippen LogP contribution >= 0.6 is 11.3 Å². The quantitative estimate of drug-likeness (QED) is 0.137. The predicted molar refractivity (Wildman–Crippen MR) is 230 cm³/mol. The van der Waals surface area contributed by atoms with Crippen LogP contribution in [0, 0.1) is 0 Å². The molecule has 1 unspecified atom stereocenters. The molecule has 1 atom stereocenters. The summed E-state index contributed by atoms with van der Waals surface area (Å²) >= 11 is 1.61. The van der Waals surface area contributed by atoms with Crippen molar-refractivity contribution in [1.82, 2.24) is 24.9 Å². The topological polar surface area (TPSA) is 118 Å². The van der Waals surface area contributed by atoms with Gasteiger partial charge in [-0.2, -0.15) is 0 Å². The summed E-state index contributed by atoms with van der Waals surface area (Å²) in [6, 6.07) is 28.9. The number of phenols is 1. The second-order valence-electron chi connectivity index (χ2n) is 15.8. The van der Waals surface area contributed by atoms with E-state index >= 15 is 0 Å². The molecule has 5 aromatic rings. The third kappa shape index (κ3) is 8.79. The normalized spacial score (nSPS) is 19.3. The zero-order valence-corrected chi connectivity index (χ0v) is 34.0. The minimum absolute atomic E-state index is 0.127. The summed E-state index contributed by atoms with van der Waals surface area (Å²) in [5, 5.41) is 13.4. The molecule has 3 amide bonds. The van der Waals surface area contributed by atoms with E-state index in [1.807, 2.05) is 60.7 Å². The molecule has 0 radical (unpaired) electrons. The summed E-state index contributed by atoms with van der Waals surface area (Å²) in [7, 11) is 0. The van der Waals surface area contributed by atoms with Gasteiger partial charge in [-0.3, -0.25) is 29.5 Å². The zero-order valence-electron chi connectivity index (χ0n) is 33.2. The maximum absolute atomic E-state index is 13.1. The van der Waals surface area contributed by atoms with Crippen LogP contribution in [0.4, 0.5) is 5.69 Å². The number of ether oxygens (including phenoxy) is 2. The number of phenolic OH excluding ortho intramolecular Hbond substituents is 1. The molecule has 1 aromatic heterocycles. The van der Waals surface area contributed by atoms with E-state index in [1.165, 1.54) is 0 Å². The number of carbonyl (C=O) groups excluding carboxylic acids is 3. The summed E-state index contributed by atoms with van der Waals surface area (Å²) in [5.74, 6) is 1.82. The summed E-state index contributed by atoms with van der Waals surface area (Å²) in [4.78, 5) is 49.8. The molecule has 4 aliphatic heterocycles. The van der Waals surface area contributed by atoms with Crippen molar-refractivity contribution < 1.29 is 29.0 Å². The summed E-state index contributed by atoms with van der Waals surface area (Å²) in [6.45, 7) is 12.3. The zero-order chi connectivity index (χ0) is 40.3. The van der Waals surface area contributed by atoms with Crippen molar-refractivity contribution in [3.63, 3.8) is 0 Å². The van der Waals surface area contributed by atoms with Crippen LogP contribution in [0.5, 0.6) is 23.0 Å². The van der Waals surface area contributed by atoms with Crippen LogP contribution in [0.25, 0.3) is 20.5 Å². The molecule has 306 valence electrons. The Morgan fingerprint density at radius 2 is 1.44 bits per heavy atom. The number of nitrogens with zero attached hydrogens (tertiary/aromatic N) is 5. The fraction of sp³-hybridized carbons (Fsp3) is 0.370. The van der Waals surface area contributed by atoms with Gasteiger partial charge in [0.2, 0.25) is 11.8 Å². The number of fused-ring (bicyclic) bond motifs is 2. The predicted octanol–water partition coefficient (Wildman–Crippen LogP) is 6.04. The van der Waals surface area contributed by atoms with Gasteiger partial charge in [0.25, 0.3) is 5.91 Å². The van der Waals surface area contributed by atoms with Crippen LogP contribution in [0.2, 0.25) is 0 Å². The Morgan fingerprint density at radius 1 is 0.746 bits per heavy atom. The van der Waals surface area contributed by atoms with E-state index in [9.17, 15) is 19.5 Å². The number of imide groups is 1. The van der Waals surface area contributed by atoms with Crippen molar-refractivity contribution >= 4 is 44.8 Å². The maximum atomic E-state index is 13.1. The van der Waals surface area contributed by atoms with E-state index in [-0.39, 0.29) is 29.9 Å². The average Bonchev–Trinajstić information content (AvgIpc) is 3.78. The number of hydrogen-bond acceptors (Lipinski definition) is 11. The minimum atomic E-state index is -0.589. The van der Waals surface area contributed by atoms with Crippen molar-refractivity contribution in [3.8, 4) is 33.4 Å². The van der Waals surface area contributed by atoms with Gasteiger partial charge in [-0.1, -0.05) is 30.3 Å². The van der Waals surface area contributed by atoms with Gasteiger partial charge in [0.1, 0.15) is 29.9 Å². The lowest BCUT2D eigenvalue weighted by atomic mass is 10.0. The number of thiophene rings is 1. The summed E-state index contributed by atoms with van der Waals surface area (Å²) < 4.78 is 13.6. The minimum Gasteiger partial charge on any atom is -0.508 e. The highest BCUT2D eigenvalue weighted by atomic mass is 32.1. The fourth-order valence-electron chi connectivity index (χ4n) is 8.70. The highest BCUT2D eigenvalue weighted by Crippen LogP contribution is 2.47. The average molecular weight is 815 g/mol. The van der Waals surface area contributed by atoms with Crippen LogP contribution in [0.15, 0.2) is 91.0 Å². The highest BCUT2D eigenvalue weighted by Gasteiger charge is 2.39. The van der Waals surface area contributed by atoms with Gasteiger partial charge in [-0.05, 0) is 97.7 Å². The number of benzene rings is 4. The Balaban J connectivity index is 0.670. The number of aromatic hydroxyl groups is 1. The molecule has 12 nitrogen and oxygen atoms in total. The molecule has 13 heteroatoms. The third-order valence-corrected chi connectivity index (χ3v) is 13.2. The lowest BCUT2D eigenvalue weighted by Gasteiger charge is -2.37. The van der Waals surface area contributed by atoms with Crippen LogP contribution in [-0.2, 0) is 16.1 Å². The van der Waals surface area contributed by atoms with Crippen molar-refractivity contribution in [2.45, 2.75) is 31.8 Å². The van der Waals surface area contributed by atoms with Gasteiger partial charge < -0.3 is 29.3 Å². The summed E-state index contributed by atoms with van der Waals surface area (Å²) in [6.07, 6.45) is 1.79. The van der Waals surface area contributed by atoms with E-state index in [1.54, 1.807) is 28.4 Å². The number of amides is 3. The number of rotatable bonds is 13. The van der Waals surface area contributed by atoms with Crippen molar-refractivity contribution in [2.24, 2.45) is 0 Å². The third-order valence-electron chi connectivity index (χ3n) is 12.0. The number of carbonyl (C=O) groups is 3. The van der Waals surface area contributed by atoms with Gasteiger partial charge >= 0.3 is 0 Å². The first-order valence-electron chi connectivity index (χ1n) is 20.8. The van der Waals surface area contributed by atoms with Crippen molar-refractivity contribution in [2.75, 3.05) is 83.5 Å². The number of hydrogen-bond donors (Lipinski definition) is 2. The lowest BCUT2D eigenvalue weighted by Crippen LogP contribution is -2.52. The molecule has 5 heterocycles. The van der Waals surface area contributed by atoms with Gasteiger partial charge in [0.05, 0.1) is 4.88 Å².